The van der Waals surface area contributed by atoms with Crippen LogP contribution >= 0.6 is 0 Å². The fraction of sp³-hybridized carbons (Fsp3) is 0.944. The molecule has 0 heterocycles. The third-order valence-corrected chi connectivity index (χ3v) is 3.56. The monoisotopic (exact) mass is 253 g/mol. The van der Waals surface area contributed by atoms with Crippen molar-refractivity contribution < 1.29 is 0 Å². The third-order valence-electron chi connectivity index (χ3n) is 3.56. The maximum Gasteiger partial charge on any atom is -0.0332 e. The summed E-state index contributed by atoms with van der Waals surface area (Å²) < 4.78 is 0. The van der Waals surface area contributed by atoms with Crippen molar-refractivity contribution in [2.24, 2.45) is 5.41 Å². The topological polar surface area (TPSA) is 0 Å². The van der Waals surface area contributed by atoms with Gasteiger partial charge in [-0.05, 0) is 18.3 Å². The summed E-state index contributed by atoms with van der Waals surface area (Å²) in [6.07, 6.45) is 19.7. The lowest BCUT2D eigenvalue weighted by molar-refractivity contribution is 0.460. The van der Waals surface area contributed by atoms with Crippen LogP contribution in [0.3, 0.4) is 0 Å². The molecule has 0 aromatic heterocycles. The molecule has 0 aliphatic carbocycles. The summed E-state index contributed by atoms with van der Waals surface area (Å²) in [5.74, 6) is 0. The van der Waals surface area contributed by atoms with E-state index in [0.29, 0.717) is 5.41 Å². The molecule has 0 atom stereocenters. The first-order valence-corrected chi connectivity index (χ1v) is 8.40. The minimum Gasteiger partial charge on any atom is -0.0654 e. The van der Waals surface area contributed by atoms with Crippen molar-refractivity contribution in [2.75, 3.05) is 0 Å². The maximum atomic E-state index is 2.47. The van der Waals surface area contributed by atoms with Crippen LogP contribution in [0, 0.1) is 11.8 Å². The Bertz CT molecular complexity index is 152. The lowest BCUT2D eigenvalue weighted by Crippen LogP contribution is -2.04. The second kappa shape index (κ2) is 12.1. The van der Waals surface area contributed by atoms with Gasteiger partial charge in [0, 0.05) is 0 Å². The molecule has 0 nitrogen and oxygen atoms in total. The van der Waals surface area contributed by atoms with Crippen molar-refractivity contribution in [1.29, 1.82) is 0 Å². The van der Waals surface area contributed by atoms with Crippen LogP contribution in [0.25, 0.3) is 0 Å². The van der Waals surface area contributed by atoms with Crippen LogP contribution in [0.15, 0.2) is 0 Å². The molecule has 0 amide bonds. The number of hydrogen-bond acceptors (Lipinski definition) is 0. The molecule has 0 saturated carbocycles. The Morgan fingerprint density at radius 3 is 1.39 bits per heavy atom. The van der Waals surface area contributed by atoms with Crippen molar-refractivity contribution in [3.63, 3.8) is 0 Å². The third kappa shape index (κ3) is 16.0. The van der Waals surface area contributed by atoms with Crippen LogP contribution in [-0.2, 0) is 0 Å². The Labute approximate surface area is 117 Å². The largest absolute Gasteiger partial charge is 0.0654 e. The van der Waals surface area contributed by atoms with Gasteiger partial charge in [0.15, 0.2) is 0 Å². The highest BCUT2D eigenvalue weighted by Crippen LogP contribution is 2.21. The smallest absolute Gasteiger partial charge is 0.0332 e. The van der Waals surface area contributed by atoms with Crippen LogP contribution in [0.2, 0.25) is 0 Å². The van der Waals surface area contributed by atoms with Crippen LogP contribution in [-0.4, -0.2) is 0 Å². The minimum absolute atomic E-state index is 0.415. The van der Waals surface area contributed by atoms with Crippen molar-refractivity contribution in [3.05, 3.63) is 6.42 Å². The molecule has 0 unspecified atom stereocenters. The zero-order valence-electron chi connectivity index (χ0n) is 13.6. The fourth-order valence-corrected chi connectivity index (χ4v) is 2.34. The summed E-state index contributed by atoms with van der Waals surface area (Å²) in [6, 6.07) is 0. The summed E-state index contributed by atoms with van der Waals surface area (Å²) >= 11 is 0. The van der Waals surface area contributed by atoms with Gasteiger partial charge in [0.2, 0.25) is 0 Å². The summed E-state index contributed by atoms with van der Waals surface area (Å²) in [5, 5.41) is 0. The van der Waals surface area contributed by atoms with Gasteiger partial charge in [-0.15, -0.1) is 0 Å². The zero-order valence-corrected chi connectivity index (χ0v) is 13.6. The lowest BCUT2D eigenvalue weighted by Gasteiger charge is -2.16. The molecule has 18 heavy (non-hydrogen) atoms. The number of rotatable bonds is 12. The van der Waals surface area contributed by atoms with Crippen molar-refractivity contribution in [2.45, 2.75) is 105 Å². The standard InChI is InChI=1S/C18H37/c1-5-6-7-8-9-10-11-12-13-14-15-16-17-18(2,3)4/h17H,5-16H2,1-4H3. The predicted molar refractivity (Wildman–Crippen MR) is 84.8 cm³/mol. The van der Waals surface area contributed by atoms with E-state index in [0.717, 1.165) is 0 Å². The van der Waals surface area contributed by atoms with E-state index in [9.17, 15) is 0 Å². The van der Waals surface area contributed by atoms with Crippen molar-refractivity contribution in [1.82, 2.24) is 0 Å². The summed E-state index contributed by atoms with van der Waals surface area (Å²) in [4.78, 5) is 0. The first kappa shape index (κ1) is 18.0. The lowest BCUT2D eigenvalue weighted by atomic mass is 9.89. The average molecular weight is 253 g/mol. The highest BCUT2D eigenvalue weighted by atomic mass is 14.1. The molecule has 0 spiro atoms. The Kier molecular flexibility index (Phi) is 12.1. The molecule has 0 aliphatic heterocycles. The SMILES string of the molecule is CCCCCCCCCCCCC[CH]C(C)(C)C. The molecule has 0 fully saturated rings. The second-order valence-corrected chi connectivity index (χ2v) is 6.89. The molecule has 1 radical (unpaired) electrons. The first-order valence-electron chi connectivity index (χ1n) is 8.40. The molecule has 109 valence electrons. The molecule has 0 aromatic rings. The Balaban J connectivity index is 2.99. The van der Waals surface area contributed by atoms with Gasteiger partial charge in [-0.2, -0.15) is 0 Å². The molecule has 0 saturated heterocycles. The van der Waals surface area contributed by atoms with Gasteiger partial charge in [-0.1, -0.05) is 98.3 Å². The zero-order chi connectivity index (χ0) is 13.7. The highest BCUT2D eigenvalue weighted by molar-refractivity contribution is 4.79. The minimum atomic E-state index is 0.415. The molecule has 0 bridgehead atoms. The number of hydrogen-bond donors (Lipinski definition) is 0. The van der Waals surface area contributed by atoms with Gasteiger partial charge in [0.1, 0.15) is 0 Å². The molecule has 0 rings (SSSR count). The molecule has 0 N–H and O–H groups in total. The molecular weight excluding hydrogens is 216 g/mol. The summed E-state index contributed by atoms with van der Waals surface area (Å²) in [7, 11) is 0. The van der Waals surface area contributed by atoms with Gasteiger partial charge in [-0.25, -0.2) is 0 Å². The summed E-state index contributed by atoms with van der Waals surface area (Å²) in [6.45, 7) is 9.18. The van der Waals surface area contributed by atoms with Crippen LogP contribution in [0.5, 0.6) is 0 Å². The molecule has 0 heteroatoms. The Morgan fingerprint density at radius 1 is 0.611 bits per heavy atom. The van der Waals surface area contributed by atoms with E-state index >= 15 is 0 Å². The van der Waals surface area contributed by atoms with E-state index in [2.05, 4.69) is 34.1 Å². The molecule has 0 aromatic carbocycles. The van der Waals surface area contributed by atoms with Crippen molar-refractivity contribution >= 4 is 0 Å². The fourth-order valence-electron chi connectivity index (χ4n) is 2.34. The van der Waals surface area contributed by atoms with E-state index in [4.69, 9.17) is 0 Å². The Hall–Kier alpha value is 0. The second-order valence-electron chi connectivity index (χ2n) is 6.89. The van der Waals surface area contributed by atoms with Gasteiger partial charge >= 0.3 is 0 Å². The first-order chi connectivity index (χ1) is 8.56. The quantitative estimate of drug-likeness (QED) is 0.330. The van der Waals surface area contributed by atoms with E-state index in [1.165, 1.54) is 77.0 Å². The van der Waals surface area contributed by atoms with Gasteiger partial charge in [0.05, 0.1) is 0 Å². The average Bonchev–Trinajstić information content (AvgIpc) is 2.29. The Morgan fingerprint density at radius 2 is 1.00 bits per heavy atom. The molecule has 0 aliphatic rings. The van der Waals surface area contributed by atoms with Gasteiger partial charge in [0.25, 0.3) is 0 Å². The van der Waals surface area contributed by atoms with E-state index in [-0.39, 0.29) is 0 Å². The van der Waals surface area contributed by atoms with E-state index in [1.54, 1.807) is 0 Å². The summed E-state index contributed by atoms with van der Waals surface area (Å²) in [5.41, 5.74) is 0.415. The van der Waals surface area contributed by atoms with E-state index < -0.39 is 0 Å². The van der Waals surface area contributed by atoms with E-state index in [1.807, 2.05) is 0 Å². The molecular formula is C18H37. The van der Waals surface area contributed by atoms with Crippen LogP contribution in [0.1, 0.15) is 105 Å². The van der Waals surface area contributed by atoms with Crippen LogP contribution < -0.4 is 0 Å². The normalized spacial score (nSPS) is 12.0. The van der Waals surface area contributed by atoms with Crippen LogP contribution in [0.4, 0.5) is 0 Å². The van der Waals surface area contributed by atoms with Gasteiger partial charge in [-0.3, -0.25) is 0 Å². The predicted octanol–water partition coefficient (Wildman–Crippen LogP) is 6.94. The highest BCUT2D eigenvalue weighted by Gasteiger charge is 2.08. The number of unbranched alkanes of at least 4 members (excludes halogenated alkanes) is 11. The van der Waals surface area contributed by atoms with Gasteiger partial charge < -0.3 is 0 Å². The maximum absolute atomic E-state index is 2.47. The van der Waals surface area contributed by atoms with Crippen molar-refractivity contribution in [3.8, 4) is 0 Å².